The van der Waals surface area contributed by atoms with Crippen molar-refractivity contribution in [2.75, 3.05) is 24.7 Å². The molecule has 2 aromatic carbocycles. The number of hydrogen-bond acceptors (Lipinski definition) is 5. The minimum atomic E-state index is 0.377. The van der Waals surface area contributed by atoms with Crippen LogP contribution in [-0.2, 0) is 11.2 Å². The number of aromatic nitrogens is 1. The van der Waals surface area contributed by atoms with Crippen molar-refractivity contribution in [2.24, 2.45) is 0 Å². The number of nitrogens with zero attached hydrogens (tertiary/aromatic N) is 1. The number of allylic oxidation sites excluding steroid dienone is 3. The van der Waals surface area contributed by atoms with Gasteiger partial charge in [0.1, 0.15) is 30.5 Å². The Morgan fingerprint density at radius 2 is 1.61 bits per heavy atom. The lowest BCUT2D eigenvalue weighted by Gasteiger charge is -2.08. The van der Waals surface area contributed by atoms with Crippen molar-refractivity contribution < 1.29 is 9.47 Å². The van der Waals surface area contributed by atoms with Crippen LogP contribution in [0.4, 0.5) is 11.5 Å². The summed E-state index contributed by atoms with van der Waals surface area (Å²) in [6.45, 7) is 12.9. The van der Waals surface area contributed by atoms with Crippen LogP contribution in [0.25, 0.3) is 5.57 Å². The molecule has 0 unspecified atom stereocenters. The quantitative estimate of drug-likeness (QED) is 0.184. The highest BCUT2D eigenvalue weighted by molar-refractivity contribution is 5.73. The van der Waals surface area contributed by atoms with Crippen LogP contribution in [0, 0.1) is 6.92 Å². The molecule has 33 heavy (non-hydrogen) atoms. The van der Waals surface area contributed by atoms with Gasteiger partial charge in [0.15, 0.2) is 0 Å². The highest BCUT2D eigenvalue weighted by Crippen LogP contribution is 2.16. The number of nitrogen functional groups attached to an aromatic ring is 2. The SMILES string of the molecule is C=C(/C=C\C(=C)c1ccc(N)cc1)OCCOc1ccc(N)nc1.CCc1ccc(C)cc1. The van der Waals surface area contributed by atoms with Crippen LogP contribution in [0.15, 0.2) is 97.9 Å². The van der Waals surface area contributed by atoms with Gasteiger partial charge in [-0.05, 0) is 60.4 Å². The van der Waals surface area contributed by atoms with E-state index in [9.17, 15) is 0 Å². The number of rotatable bonds is 9. The summed E-state index contributed by atoms with van der Waals surface area (Å²) in [5, 5.41) is 0. The predicted octanol–water partition coefficient (Wildman–Crippen LogP) is 5.98. The number of ether oxygens (including phenoxy) is 2. The lowest BCUT2D eigenvalue weighted by atomic mass is 10.1. The topological polar surface area (TPSA) is 83.4 Å². The van der Waals surface area contributed by atoms with Gasteiger partial charge in [-0.1, -0.05) is 68.1 Å². The Labute approximate surface area is 197 Å². The van der Waals surface area contributed by atoms with E-state index in [4.69, 9.17) is 20.9 Å². The molecule has 0 aliphatic carbocycles. The molecule has 0 saturated carbocycles. The van der Waals surface area contributed by atoms with Crippen molar-refractivity contribution in [3.63, 3.8) is 0 Å². The van der Waals surface area contributed by atoms with Crippen LogP contribution < -0.4 is 16.2 Å². The number of anilines is 2. The summed E-state index contributed by atoms with van der Waals surface area (Å²) >= 11 is 0. The molecule has 0 aliphatic rings. The van der Waals surface area contributed by atoms with Crippen LogP contribution in [0.5, 0.6) is 5.75 Å². The molecule has 0 aliphatic heterocycles. The molecule has 0 spiro atoms. The molecule has 1 aromatic heterocycles. The van der Waals surface area contributed by atoms with Crippen molar-refractivity contribution in [3.8, 4) is 5.75 Å². The minimum absolute atomic E-state index is 0.377. The van der Waals surface area contributed by atoms with Gasteiger partial charge in [0.05, 0.1) is 6.20 Å². The first-order valence-electron chi connectivity index (χ1n) is 10.8. The summed E-state index contributed by atoms with van der Waals surface area (Å²) in [4.78, 5) is 3.94. The van der Waals surface area contributed by atoms with Gasteiger partial charge in [0, 0.05) is 5.69 Å². The third-order valence-electron chi connectivity index (χ3n) is 4.68. The molecule has 0 fully saturated rings. The average Bonchev–Trinajstić information content (AvgIpc) is 2.83. The van der Waals surface area contributed by atoms with E-state index < -0.39 is 0 Å². The van der Waals surface area contributed by atoms with E-state index in [-0.39, 0.29) is 0 Å². The molecule has 0 saturated heterocycles. The highest BCUT2D eigenvalue weighted by atomic mass is 16.5. The minimum Gasteiger partial charge on any atom is -0.491 e. The van der Waals surface area contributed by atoms with Crippen molar-refractivity contribution in [1.29, 1.82) is 0 Å². The standard InChI is InChI=1S/C19H21N3O2.C9H12/c1-14(16-5-7-17(20)8-6-16)3-4-15(2)23-11-12-24-18-9-10-19(21)22-13-18;1-3-9-6-4-8(2)5-7-9/h3-10,13H,1-2,11-12,20H2,(H2,21,22);4-7H,3H2,1-2H3/b4-3-;. The second-order valence-electron chi connectivity index (χ2n) is 7.40. The molecule has 0 bridgehead atoms. The van der Waals surface area contributed by atoms with Gasteiger partial charge in [-0.3, -0.25) is 0 Å². The smallest absolute Gasteiger partial charge is 0.137 e. The second kappa shape index (κ2) is 13.4. The van der Waals surface area contributed by atoms with Crippen LogP contribution in [0.1, 0.15) is 23.6 Å². The van der Waals surface area contributed by atoms with E-state index in [0.29, 0.717) is 30.5 Å². The van der Waals surface area contributed by atoms with Crippen LogP contribution in [0.3, 0.4) is 0 Å². The summed E-state index contributed by atoms with van der Waals surface area (Å²) in [5.41, 5.74) is 16.5. The summed E-state index contributed by atoms with van der Waals surface area (Å²) in [7, 11) is 0. The van der Waals surface area contributed by atoms with Gasteiger partial charge >= 0.3 is 0 Å². The van der Waals surface area contributed by atoms with Crippen LogP contribution in [0.2, 0.25) is 0 Å². The largest absolute Gasteiger partial charge is 0.491 e. The fourth-order valence-corrected chi connectivity index (χ4v) is 2.67. The Bertz CT molecular complexity index is 1040. The summed E-state index contributed by atoms with van der Waals surface area (Å²) < 4.78 is 11.0. The number of aryl methyl sites for hydroxylation is 2. The molecule has 4 N–H and O–H groups in total. The van der Waals surface area contributed by atoms with Crippen molar-refractivity contribution in [2.45, 2.75) is 20.3 Å². The molecule has 3 aromatic rings. The Morgan fingerprint density at radius 1 is 0.909 bits per heavy atom. The van der Waals surface area contributed by atoms with E-state index in [1.165, 1.54) is 11.1 Å². The first-order valence-corrected chi connectivity index (χ1v) is 10.8. The Balaban J connectivity index is 0.000000357. The summed E-state index contributed by atoms with van der Waals surface area (Å²) in [6, 6.07) is 19.6. The molecule has 3 rings (SSSR count). The molecular weight excluding hydrogens is 410 g/mol. The van der Waals surface area contributed by atoms with Crippen molar-refractivity contribution >= 4 is 17.1 Å². The zero-order valence-corrected chi connectivity index (χ0v) is 19.5. The Kier molecular flexibility index (Phi) is 10.3. The lowest BCUT2D eigenvalue weighted by Crippen LogP contribution is -2.06. The van der Waals surface area contributed by atoms with Crippen molar-refractivity contribution in [3.05, 3.63) is 115 Å². The van der Waals surface area contributed by atoms with Crippen LogP contribution in [-0.4, -0.2) is 18.2 Å². The maximum Gasteiger partial charge on any atom is 0.137 e. The van der Waals surface area contributed by atoms with Gasteiger partial charge < -0.3 is 20.9 Å². The number of benzene rings is 2. The third-order valence-corrected chi connectivity index (χ3v) is 4.68. The molecule has 1 heterocycles. The lowest BCUT2D eigenvalue weighted by molar-refractivity contribution is 0.164. The molecule has 0 amide bonds. The first-order chi connectivity index (χ1) is 15.9. The maximum atomic E-state index is 5.66. The summed E-state index contributed by atoms with van der Waals surface area (Å²) in [5.74, 6) is 1.63. The van der Waals surface area contributed by atoms with E-state index >= 15 is 0 Å². The van der Waals surface area contributed by atoms with Gasteiger partial charge in [0.2, 0.25) is 0 Å². The van der Waals surface area contributed by atoms with Crippen LogP contribution >= 0.6 is 0 Å². The third kappa shape index (κ3) is 9.78. The maximum absolute atomic E-state index is 5.66. The highest BCUT2D eigenvalue weighted by Gasteiger charge is 1.97. The normalized spacial score (nSPS) is 10.2. The molecule has 0 atom stereocenters. The predicted molar refractivity (Wildman–Crippen MR) is 139 cm³/mol. The van der Waals surface area contributed by atoms with Gasteiger partial charge in [-0.2, -0.15) is 0 Å². The number of hydrogen-bond donors (Lipinski definition) is 2. The van der Waals surface area contributed by atoms with Gasteiger partial charge in [-0.15, -0.1) is 0 Å². The van der Waals surface area contributed by atoms with E-state index in [0.717, 1.165) is 23.2 Å². The summed E-state index contributed by atoms with van der Waals surface area (Å²) in [6.07, 6.45) is 6.32. The van der Waals surface area contributed by atoms with Gasteiger partial charge in [0.25, 0.3) is 0 Å². The molecular formula is C28H33N3O2. The Morgan fingerprint density at radius 3 is 2.21 bits per heavy atom. The van der Waals surface area contributed by atoms with E-state index in [2.05, 4.69) is 56.3 Å². The zero-order valence-electron chi connectivity index (χ0n) is 19.5. The van der Waals surface area contributed by atoms with Gasteiger partial charge in [-0.25, -0.2) is 4.98 Å². The fourth-order valence-electron chi connectivity index (χ4n) is 2.67. The molecule has 5 nitrogen and oxygen atoms in total. The zero-order chi connectivity index (χ0) is 24.1. The monoisotopic (exact) mass is 443 g/mol. The first kappa shape index (κ1) is 25.3. The fraction of sp³-hybridized carbons (Fsp3) is 0.179. The van der Waals surface area contributed by atoms with E-state index in [1.807, 2.05) is 30.3 Å². The molecule has 0 radical (unpaired) electrons. The number of pyridine rings is 1. The second-order valence-corrected chi connectivity index (χ2v) is 7.40. The van der Waals surface area contributed by atoms with E-state index in [1.54, 1.807) is 24.4 Å². The Hall–Kier alpha value is -3.99. The molecule has 5 heteroatoms. The number of nitrogens with two attached hydrogens (primary N) is 2. The average molecular weight is 444 g/mol. The van der Waals surface area contributed by atoms with Crippen molar-refractivity contribution in [1.82, 2.24) is 4.98 Å². The molecule has 172 valence electrons.